The number of hydrogen-bond donors (Lipinski definition) is 0. The maximum absolute atomic E-state index is 12.2. The highest BCUT2D eigenvalue weighted by Crippen LogP contribution is 2.38. The lowest BCUT2D eigenvalue weighted by molar-refractivity contribution is -0.137. The van der Waals surface area contributed by atoms with Crippen molar-refractivity contribution in [1.29, 1.82) is 0 Å². The largest absolute Gasteiger partial charge is 0.430 e. The first kappa shape index (κ1) is 15.3. The number of allylic oxidation sites excluding steroid dienone is 2. The van der Waals surface area contributed by atoms with Crippen LogP contribution in [0.4, 0.5) is 0 Å². The van der Waals surface area contributed by atoms with Crippen molar-refractivity contribution in [3.8, 4) is 0 Å². The molecular formula is C15H20O4S. The molecule has 0 radical (unpaired) electrons. The fourth-order valence-electron chi connectivity index (χ4n) is 3.04. The lowest BCUT2D eigenvalue weighted by Gasteiger charge is -2.33. The van der Waals surface area contributed by atoms with Gasteiger partial charge in [0.25, 0.3) is 0 Å². The summed E-state index contributed by atoms with van der Waals surface area (Å²) < 4.78 is 5.15. The second-order valence-electron chi connectivity index (χ2n) is 5.52. The normalized spacial score (nSPS) is 27.4. The van der Waals surface area contributed by atoms with Crippen molar-refractivity contribution in [2.45, 2.75) is 39.5 Å². The summed E-state index contributed by atoms with van der Waals surface area (Å²) in [6.07, 6.45) is 3.23. The number of hydrogen-bond acceptors (Lipinski definition) is 5. The van der Waals surface area contributed by atoms with Crippen LogP contribution in [0, 0.1) is 11.8 Å². The van der Waals surface area contributed by atoms with E-state index < -0.39 is 5.97 Å². The van der Waals surface area contributed by atoms with Crippen molar-refractivity contribution in [3.63, 3.8) is 0 Å². The summed E-state index contributed by atoms with van der Waals surface area (Å²) in [5, 5.41) is 0. The molecule has 1 aliphatic carbocycles. The highest BCUT2D eigenvalue weighted by molar-refractivity contribution is 7.99. The summed E-state index contributed by atoms with van der Waals surface area (Å²) in [5.41, 5.74) is 0.0971. The molecule has 0 aromatic rings. The van der Waals surface area contributed by atoms with Gasteiger partial charge in [-0.1, -0.05) is 0 Å². The Bertz CT molecular complexity index is 460. The zero-order valence-electron chi connectivity index (χ0n) is 11.9. The molecule has 0 amide bonds. The number of ether oxygens (including phenoxy) is 1. The molecule has 0 spiro atoms. The smallest absolute Gasteiger partial charge is 0.307 e. The average Bonchev–Trinajstić information content (AvgIpc) is 2.38. The number of carbonyl (C=O) groups is 3. The van der Waals surface area contributed by atoms with Crippen LogP contribution in [-0.2, 0) is 19.1 Å². The molecular weight excluding hydrogens is 276 g/mol. The van der Waals surface area contributed by atoms with E-state index in [0.717, 1.165) is 12.2 Å². The van der Waals surface area contributed by atoms with E-state index in [4.69, 9.17) is 4.74 Å². The van der Waals surface area contributed by atoms with E-state index in [9.17, 15) is 14.4 Å². The van der Waals surface area contributed by atoms with Gasteiger partial charge in [-0.25, -0.2) is 0 Å². The quantitative estimate of drug-likeness (QED) is 0.591. The second kappa shape index (κ2) is 6.57. The van der Waals surface area contributed by atoms with E-state index >= 15 is 0 Å². The van der Waals surface area contributed by atoms with Gasteiger partial charge in [0.2, 0.25) is 0 Å². The SMILES string of the molecule is CC(=O)OC1=C(C(C)=O)C(=O)CC(C2CCCSC2)C1. The number of rotatable bonds is 3. The van der Waals surface area contributed by atoms with Gasteiger partial charge in [0.15, 0.2) is 11.6 Å². The van der Waals surface area contributed by atoms with Crippen molar-refractivity contribution in [2.24, 2.45) is 11.8 Å². The standard InChI is InChI=1S/C15H20O4S/c1-9(16)15-13(18)6-12(7-14(15)19-10(2)17)11-4-3-5-20-8-11/h11-12H,3-8H2,1-2H3. The molecule has 20 heavy (non-hydrogen) atoms. The summed E-state index contributed by atoms with van der Waals surface area (Å²) in [5.74, 6) is 2.28. The highest BCUT2D eigenvalue weighted by Gasteiger charge is 2.36. The van der Waals surface area contributed by atoms with Crippen molar-refractivity contribution >= 4 is 29.3 Å². The van der Waals surface area contributed by atoms with E-state index in [1.165, 1.54) is 26.0 Å². The van der Waals surface area contributed by atoms with Gasteiger partial charge in [-0.3, -0.25) is 14.4 Å². The zero-order valence-corrected chi connectivity index (χ0v) is 12.8. The zero-order chi connectivity index (χ0) is 14.7. The van der Waals surface area contributed by atoms with Gasteiger partial charge in [-0.15, -0.1) is 0 Å². The Kier molecular flexibility index (Phi) is 5.02. The number of Topliss-reactive ketones (excluding diaryl/α,β-unsaturated/α-hetero) is 2. The van der Waals surface area contributed by atoms with E-state index in [1.54, 1.807) is 0 Å². The molecule has 0 bridgehead atoms. The van der Waals surface area contributed by atoms with Gasteiger partial charge >= 0.3 is 5.97 Å². The Morgan fingerprint density at radius 1 is 1.20 bits per heavy atom. The Hall–Kier alpha value is -1.10. The Labute approximate surface area is 123 Å². The molecule has 4 nitrogen and oxygen atoms in total. The van der Waals surface area contributed by atoms with E-state index in [-0.39, 0.29) is 23.1 Å². The number of esters is 1. The molecule has 0 saturated carbocycles. The van der Waals surface area contributed by atoms with Crippen molar-refractivity contribution in [1.82, 2.24) is 0 Å². The van der Waals surface area contributed by atoms with E-state index in [2.05, 4.69) is 0 Å². The topological polar surface area (TPSA) is 60.4 Å². The summed E-state index contributed by atoms with van der Waals surface area (Å²) in [4.78, 5) is 35.0. The lowest BCUT2D eigenvalue weighted by Crippen LogP contribution is -2.31. The highest BCUT2D eigenvalue weighted by atomic mass is 32.2. The molecule has 0 aromatic heterocycles. The van der Waals surface area contributed by atoms with Crippen molar-refractivity contribution in [3.05, 3.63) is 11.3 Å². The Morgan fingerprint density at radius 3 is 2.50 bits per heavy atom. The maximum Gasteiger partial charge on any atom is 0.307 e. The minimum absolute atomic E-state index is 0.0971. The van der Waals surface area contributed by atoms with Crippen LogP contribution in [0.2, 0.25) is 0 Å². The van der Waals surface area contributed by atoms with Crippen LogP contribution in [0.3, 0.4) is 0 Å². The maximum atomic E-state index is 12.2. The summed E-state index contributed by atoms with van der Waals surface area (Å²) in [7, 11) is 0. The number of ketones is 2. The van der Waals surface area contributed by atoms with Crippen LogP contribution in [0.1, 0.15) is 39.5 Å². The van der Waals surface area contributed by atoms with Gasteiger partial charge in [0, 0.05) is 19.8 Å². The fourth-order valence-corrected chi connectivity index (χ4v) is 4.32. The second-order valence-corrected chi connectivity index (χ2v) is 6.67. The van der Waals surface area contributed by atoms with Crippen molar-refractivity contribution in [2.75, 3.05) is 11.5 Å². The van der Waals surface area contributed by atoms with E-state index in [1.807, 2.05) is 11.8 Å². The van der Waals surface area contributed by atoms with Crippen molar-refractivity contribution < 1.29 is 19.1 Å². The van der Waals surface area contributed by atoms with Crippen LogP contribution in [0.5, 0.6) is 0 Å². The number of thioether (sulfide) groups is 1. The van der Waals surface area contributed by atoms with Crippen LogP contribution >= 0.6 is 11.8 Å². The Morgan fingerprint density at radius 2 is 1.95 bits per heavy atom. The summed E-state index contributed by atoms with van der Waals surface area (Å²) in [6.45, 7) is 2.66. The lowest BCUT2D eigenvalue weighted by atomic mass is 9.77. The van der Waals surface area contributed by atoms with Gasteiger partial charge in [0.05, 0.1) is 5.57 Å². The fraction of sp³-hybridized carbons (Fsp3) is 0.667. The summed E-state index contributed by atoms with van der Waals surface area (Å²) in [6, 6.07) is 0. The third-order valence-corrected chi connectivity index (χ3v) is 5.18. The van der Waals surface area contributed by atoms with Crippen LogP contribution in [0.15, 0.2) is 11.3 Å². The average molecular weight is 296 g/mol. The molecule has 2 unspecified atom stereocenters. The van der Waals surface area contributed by atoms with Gasteiger partial charge in [-0.05, 0) is 43.1 Å². The minimum atomic E-state index is -0.467. The summed E-state index contributed by atoms with van der Waals surface area (Å²) >= 11 is 1.92. The monoisotopic (exact) mass is 296 g/mol. The molecule has 1 aliphatic heterocycles. The first-order valence-electron chi connectivity index (χ1n) is 7.02. The molecule has 2 rings (SSSR count). The predicted molar refractivity (Wildman–Crippen MR) is 77.3 cm³/mol. The van der Waals surface area contributed by atoms with Crippen LogP contribution < -0.4 is 0 Å². The molecule has 1 heterocycles. The van der Waals surface area contributed by atoms with Crippen LogP contribution in [-0.4, -0.2) is 29.0 Å². The molecule has 110 valence electrons. The van der Waals surface area contributed by atoms with Gasteiger partial charge in [0.1, 0.15) is 5.76 Å². The van der Waals surface area contributed by atoms with Gasteiger partial charge in [-0.2, -0.15) is 11.8 Å². The first-order valence-corrected chi connectivity index (χ1v) is 8.18. The molecule has 0 N–H and O–H groups in total. The molecule has 2 aliphatic rings. The van der Waals surface area contributed by atoms with E-state index in [0.29, 0.717) is 24.5 Å². The molecule has 0 aromatic carbocycles. The Balaban J connectivity index is 2.21. The molecule has 2 atom stereocenters. The molecule has 1 saturated heterocycles. The predicted octanol–water partition coefficient (Wildman–Crippen LogP) is 2.51. The minimum Gasteiger partial charge on any atom is -0.430 e. The third kappa shape index (κ3) is 3.51. The number of carbonyl (C=O) groups excluding carboxylic acids is 3. The van der Waals surface area contributed by atoms with Gasteiger partial charge < -0.3 is 4.74 Å². The molecule has 1 fully saturated rings. The first-order chi connectivity index (χ1) is 9.49. The molecule has 5 heteroatoms. The third-order valence-electron chi connectivity index (χ3n) is 3.93. The van der Waals surface area contributed by atoms with Crippen LogP contribution in [0.25, 0.3) is 0 Å².